The molecule has 1 aliphatic heterocycles. The van der Waals surface area contributed by atoms with E-state index in [1.54, 1.807) is 0 Å². The van der Waals surface area contributed by atoms with Crippen molar-refractivity contribution in [1.29, 1.82) is 0 Å². The molecule has 2 atom stereocenters. The number of nitrogens with two attached hydrogens (primary N) is 1. The van der Waals surface area contributed by atoms with E-state index < -0.39 is 0 Å². The number of hydrogen-bond acceptors (Lipinski definition) is 2. The van der Waals surface area contributed by atoms with Crippen molar-refractivity contribution in [2.45, 2.75) is 51.6 Å². The summed E-state index contributed by atoms with van der Waals surface area (Å²) in [7, 11) is 0. The number of hydrogen-bond donors (Lipinski definition) is 2. The van der Waals surface area contributed by atoms with Gasteiger partial charge in [-0.2, -0.15) is 0 Å². The minimum absolute atomic E-state index is 0.422. The van der Waals surface area contributed by atoms with Crippen molar-refractivity contribution in [3.63, 3.8) is 0 Å². The molecule has 2 fully saturated rings. The van der Waals surface area contributed by atoms with Crippen LogP contribution in [0.5, 0.6) is 0 Å². The lowest BCUT2D eigenvalue weighted by Gasteiger charge is -2.14. The SMILES string of the molecule is CCC(C)NC(N)=NCC1CCN(C2CC2)C1. The Morgan fingerprint density at radius 3 is 2.88 bits per heavy atom. The lowest BCUT2D eigenvalue weighted by atomic mass is 10.1. The standard InChI is InChI=1S/C13H26N4/c1-3-10(2)16-13(14)15-8-11-6-7-17(9-11)12-4-5-12/h10-12H,3-9H2,1-2H3,(H3,14,15,16). The fourth-order valence-electron chi connectivity index (χ4n) is 2.41. The van der Waals surface area contributed by atoms with Gasteiger partial charge in [-0.3, -0.25) is 4.99 Å². The van der Waals surface area contributed by atoms with Gasteiger partial charge in [0.05, 0.1) is 0 Å². The van der Waals surface area contributed by atoms with E-state index >= 15 is 0 Å². The van der Waals surface area contributed by atoms with Crippen molar-refractivity contribution in [2.75, 3.05) is 19.6 Å². The van der Waals surface area contributed by atoms with Gasteiger partial charge in [0.2, 0.25) is 0 Å². The van der Waals surface area contributed by atoms with Crippen LogP contribution in [0.15, 0.2) is 4.99 Å². The van der Waals surface area contributed by atoms with Crippen LogP contribution in [0.25, 0.3) is 0 Å². The molecule has 0 aromatic carbocycles. The van der Waals surface area contributed by atoms with Crippen LogP contribution in [0.4, 0.5) is 0 Å². The molecule has 17 heavy (non-hydrogen) atoms. The Morgan fingerprint density at radius 2 is 2.24 bits per heavy atom. The maximum atomic E-state index is 5.86. The topological polar surface area (TPSA) is 53.6 Å². The van der Waals surface area contributed by atoms with Crippen LogP contribution in [0, 0.1) is 5.92 Å². The van der Waals surface area contributed by atoms with Gasteiger partial charge >= 0.3 is 0 Å². The molecular formula is C13H26N4. The molecule has 0 spiro atoms. The molecule has 2 unspecified atom stereocenters. The Kier molecular flexibility index (Phi) is 4.26. The summed E-state index contributed by atoms with van der Waals surface area (Å²) < 4.78 is 0. The first-order valence-corrected chi connectivity index (χ1v) is 6.99. The Bertz CT molecular complexity index is 273. The average Bonchev–Trinajstić information content (AvgIpc) is 3.06. The van der Waals surface area contributed by atoms with Crippen molar-refractivity contribution in [1.82, 2.24) is 10.2 Å². The summed E-state index contributed by atoms with van der Waals surface area (Å²) in [5, 5.41) is 3.21. The molecule has 3 N–H and O–H groups in total. The molecule has 4 nitrogen and oxygen atoms in total. The molecule has 1 saturated heterocycles. The third-order valence-corrected chi connectivity index (χ3v) is 3.91. The third-order valence-electron chi connectivity index (χ3n) is 3.91. The van der Waals surface area contributed by atoms with Crippen molar-refractivity contribution in [2.24, 2.45) is 16.6 Å². The van der Waals surface area contributed by atoms with Gasteiger partial charge in [0.15, 0.2) is 5.96 Å². The molecule has 0 aromatic rings. The minimum atomic E-state index is 0.422. The van der Waals surface area contributed by atoms with Crippen molar-refractivity contribution < 1.29 is 0 Å². The fraction of sp³-hybridized carbons (Fsp3) is 0.923. The summed E-state index contributed by atoms with van der Waals surface area (Å²) >= 11 is 0. The molecule has 98 valence electrons. The van der Waals surface area contributed by atoms with E-state index in [4.69, 9.17) is 5.73 Å². The van der Waals surface area contributed by atoms with E-state index in [0.717, 1.165) is 19.0 Å². The van der Waals surface area contributed by atoms with Gasteiger partial charge in [0, 0.05) is 25.2 Å². The van der Waals surface area contributed by atoms with E-state index in [1.165, 1.54) is 32.4 Å². The average molecular weight is 238 g/mol. The first-order valence-electron chi connectivity index (χ1n) is 6.99. The van der Waals surface area contributed by atoms with Crippen LogP contribution in [0.1, 0.15) is 39.5 Å². The van der Waals surface area contributed by atoms with Gasteiger partial charge in [-0.25, -0.2) is 0 Å². The predicted molar refractivity (Wildman–Crippen MR) is 72.1 cm³/mol. The molecule has 1 saturated carbocycles. The highest BCUT2D eigenvalue weighted by molar-refractivity contribution is 5.78. The first-order chi connectivity index (χ1) is 8.19. The van der Waals surface area contributed by atoms with Gasteiger partial charge < -0.3 is 16.0 Å². The molecule has 2 aliphatic rings. The smallest absolute Gasteiger partial charge is 0.188 e. The van der Waals surface area contributed by atoms with E-state index in [2.05, 4.69) is 29.1 Å². The van der Waals surface area contributed by atoms with Gasteiger partial charge in [-0.1, -0.05) is 6.92 Å². The highest BCUT2D eigenvalue weighted by Gasteiger charge is 2.34. The molecule has 0 radical (unpaired) electrons. The molecule has 0 aromatic heterocycles. The number of nitrogens with zero attached hydrogens (tertiary/aromatic N) is 2. The second kappa shape index (κ2) is 5.71. The summed E-state index contributed by atoms with van der Waals surface area (Å²) in [6.45, 7) is 7.66. The first kappa shape index (κ1) is 12.7. The van der Waals surface area contributed by atoms with Gasteiger partial charge in [-0.05, 0) is 45.1 Å². The molecular weight excluding hydrogens is 212 g/mol. The van der Waals surface area contributed by atoms with E-state index in [9.17, 15) is 0 Å². The van der Waals surface area contributed by atoms with Crippen molar-refractivity contribution in [3.8, 4) is 0 Å². The summed E-state index contributed by atoms with van der Waals surface area (Å²) in [4.78, 5) is 7.09. The summed E-state index contributed by atoms with van der Waals surface area (Å²) in [5.74, 6) is 1.33. The second-order valence-electron chi connectivity index (χ2n) is 5.56. The Balaban J connectivity index is 1.68. The van der Waals surface area contributed by atoms with E-state index in [-0.39, 0.29) is 0 Å². The Morgan fingerprint density at radius 1 is 1.47 bits per heavy atom. The number of aliphatic imine (C=N–C) groups is 1. The number of rotatable bonds is 5. The van der Waals surface area contributed by atoms with E-state index in [1.807, 2.05) is 0 Å². The summed E-state index contributed by atoms with van der Waals surface area (Å²) in [6, 6.07) is 1.32. The lowest BCUT2D eigenvalue weighted by Crippen LogP contribution is -2.38. The monoisotopic (exact) mass is 238 g/mol. The Labute approximate surface area is 105 Å². The van der Waals surface area contributed by atoms with Gasteiger partial charge in [-0.15, -0.1) is 0 Å². The molecule has 1 heterocycles. The lowest BCUT2D eigenvalue weighted by molar-refractivity contribution is 0.315. The highest BCUT2D eigenvalue weighted by atomic mass is 15.2. The number of likely N-dealkylation sites (tertiary alicyclic amines) is 1. The zero-order valence-electron chi connectivity index (χ0n) is 11.2. The zero-order chi connectivity index (χ0) is 12.3. The van der Waals surface area contributed by atoms with Crippen LogP contribution in [-0.2, 0) is 0 Å². The second-order valence-corrected chi connectivity index (χ2v) is 5.56. The van der Waals surface area contributed by atoms with Crippen LogP contribution in [0.2, 0.25) is 0 Å². The molecule has 0 bridgehead atoms. The Hall–Kier alpha value is -0.770. The van der Waals surface area contributed by atoms with Crippen LogP contribution in [0.3, 0.4) is 0 Å². The van der Waals surface area contributed by atoms with E-state index in [0.29, 0.717) is 17.9 Å². The highest BCUT2D eigenvalue weighted by Crippen LogP contribution is 2.31. The predicted octanol–water partition coefficient (Wildman–Crippen LogP) is 1.17. The van der Waals surface area contributed by atoms with Gasteiger partial charge in [0.1, 0.15) is 0 Å². The third kappa shape index (κ3) is 3.87. The van der Waals surface area contributed by atoms with Crippen LogP contribution in [-0.4, -0.2) is 42.6 Å². The van der Waals surface area contributed by atoms with Crippen LogP contribution < -0.4 is 11.1 Å². The fourth-order valence-corrected chi connectivity index (χ4v) is 2.41. The van der Waals surface area contributed by atoms with Gasteiger partial charge in [0.25, 0.3) is 0 Å². The summed E-state index contributed by atoms with van der Waals surface area (Å²) in [5.41, 5.74) is 5.86. The zero-order valence-corrected chi connectivity index (χ0v) is 11.2. The number of guanidine groups is 1. The maximum absolute atomic E-state index is 5.86. The molecule has 0 amide bonds. The minimum Gasteiger partial charge on any atom is -0.370 e. The molecule has 4 heteroatoms. The van der Waals surface area contributed by atoms with Crippen molar-refractivity contribution >= 4 is 5.96 Å². The molecule has 1 aliphatic carbocycles. The number of nitrogens with one attached hydrogen (secondary N) is 1. The maximum Gasteiger partial charge on any atom is 0.188 e. The normalized spacial score (nSPS) is 28.4. The summed E-state index contributed by atoms with van der Waals surface area (Å²) in [6.07, 6.45) is 5.19. The van der Waals surface area contributed by atoms with Crippen LogP contribution >= 0.6 is 0 Å². The van der Waals surface area contributed by atoms with Crippen molar-refractivity contribution in [3.05, 3.63) is 0 Å². The quantitative estimate of drug-likeness (QED) is 0.558. The molecule has 2 rings (SSSR count). The largest absolute Gasteiger partial charge is 0.370 e.